The van der Waals surface area contributed by atoms with Gasteiger partial charge in [0.2, 0.25) is 0 Å². The van der Waals surface area contributed by atoms with E-state index in [4.69, 9.17) is 0 Å². The molecule has 18 heavy (non-hydrogen) atoms. The average Bonchev–Trinajstić information content (AvgIpc) is 2.80. The molecule has 0 amide bonds. The first-order chi connectivity index (χ1) is 8.67. The van der Waals surface area contributed by atoms with Crippen LogP contribution in [0, 0.1) is 11.2 Å². The highest BCUT2D eigenvalue weighted by molar-refractivity contribution is 5.20. The van der Waals surface area contributed by atoms with Crippen molar-refractivity contribution in [1.29, 1.82) is 0 Å². The minimum Gasteiger partial charge on any atom is -0.309 e. The summed E-state index contributed by atoms with van der Waals surface area (Å²) in [5.74, 6) is -0.181. The van der Waals surface area contributed by atoms with Crippen molar-refractivity contribution in [1.82, 2.24) is 10.3 Å². The third-order valence-corrected chi connectivity index (χ3v) is 4.16. The normalized spacial score (nSPS) is 19.9. The maximum Gasteiger partial charge on any atom is 0.146 e. The lowest BCUT2D eigenvalue weighted by Gasteiger charge is -2.35. The quantitative estimate of drug-likeness (QED) is 0.858. The van der Waals surface area contributed by atoms with E-state index in [-0.39, 0.29) is 17.3 Å². The van der Waals surface area contributed by atoms with E-state index in [2.05, 4.69) is 24.1 Å². The monoisotopic (exact) mass is 250 g/mol. The highest BCUT2D eigenvalue weighted by atomic mass is 19.1. The molecule has 0 saturated heterocycles. The molecule has 1 N–H and O–H groups in total. The van der Waals surface area contributed by atoms with Crippen LogP contribution >= 0.6 is 0 Å². The molecule has 2 nitrogen and oxygen atoms in total. The predicted molar refractivity (Wildman–Crippen MR) is 71.8 cm³/mol. The van der Waals surface area contributed by atoms with Crippen LogP contribution in [-0.4, -0.2) is 11.5 Å². The van der Waals surface area contributed by atoms with Crippen molar-refractivity contribution in [2.45, 2.75) is 52.0 Å². The van der Waals surface area contributed by atoms with E-state index >= 15 is 0 Å². The number of pyridine rings is 1. The molecule has 0 spiro atoms. The summed E-state index contributed by atoms with van der Waals surface area (Å²) in [6, 6.07) is 1.94. The number of hydrogen-bond acceptors (Lipinski definition) is 2. The lowest BCUT2D eigenvalue weighted by molar-refractivity contribution is 0.219. The number of nitrogens with one attached hydrogen (secondary N) is 1. The first kappa shape index (κ1) is 13.5. The fourth-order valence-electron chi connectivity index (χ4n) is 3.11. The highest BCUT2D eigenvalue weighted by Gasteiger charge is 2.38. The third-order valence-electron chi connectivity index (χ3n) is 4.16. The summed E-state index contributed by atoms with van der Waals surface area (Å²) in [6.45, 7) is 5.36. The Morgan fingerprint density at radius 1 is 1.44 bits per heavy atom. The molecule has 1 atom stereocenters. The summed E-state index contributed by atoms with van der Waals surface area (Å²) in [5.41, 5.74) is 0.958. The molecule has 1 fully saturated rings. The summed E-state index contributed by atoms with van der Waals surface area (Å²) in [7, 11) is 0. The second-order valence-electron chi connectivity index (χ2n) is 5.65. The smallest absolute Gasteiger partial charge is 0.146 e. The number of nitrogens with zero attached hydrogens (tertiary/aromatic N) is 1. The fourth-order valence-corrected chi connectivity index (χ4v) is 3.11. The van der Waals surface area contributed by atoms with Gasteiger partial charge in [-0.2, -0.15) is 0 Å². The summed E-state index contributed by atoms with van der Waals surface area (Å²) < 4.78 is 14.0. The van der Waals surface area contributed by atoms with Gasteiger partial charge in [0.1, 0.15) is 5.82 Å². The average molecular weight is 250 g/mol. The maximum absolute atomic E-state index is 14.0. The van der Waals surface area contributed by atoms with Gasteiger partial charge in [0.05, 0.1) is 6.20 Å². The van der Waals surface area contributed by atoms with Crippen LogP contribution < -0.4 is 5.32 Å². The molecule has 0 bridgehead atoms. The number of rotatable bonds is 5. The zero-order valence-corrected chi connectivity index (χ0v) is 11.4. The minimum absolute atomic E-state index is 0.114. The van der Waals surface area contributed by atoms with Gasteiger partial charge in [-0.05, 0) is 37.3 Å². The van der Waals surface area contributed by atoms with E-state index in [0.717, 1.165) is 18.5 Å². The van der Waals surface area contributed by atoms with Crippen molar-refractivity contribution >= 4 is 0 Å². The van der Waals surface area contributed by atoms with Crippen LogP contribution in [0.5, 0.6) is 0 Å². The number of hydrogen-bond donors (Lipinski definition) is 1. The topological polar surface area (TPSA) is 24.9 Å². The van der Waals surface area contributed by atoms with Gasteiger partial charge in [-0.3, -0.25) is 4.98 Å². The highest BCUT2D eigenvalue weighted by Crippen LogP contribution is 2.47. The van der Waals surface area contributed by atoms with Crippen LogP contribution in [0.2, 0.25) is 0 Å². The van der Waals surface area contributed by atoms with Crippen LogP contribution in [0.25, 0.3) is 0 Å². The standard InChI is InChI=1S/C15H23FN2/c1-3-9-18-14(15(2)7-4-5-8-15)12-6-10-17-11-13(12)16/h6,10-11,14,18H,3-5,7-9H2,1-2H3. The van der Waals surface area contributed by atoms with Crippen molar-refractivity contribution in [2.75, 3.05) is 6.54 Å². The van der Waals surface area contributed by atoms with E-state index in [1.165, 1.54) is 31.9 Å². The molecule has 100 valence electrons. The van der Waals surface area contributed by atoms with Gasteiger partial charge in [-0.25, -0.2) is 4.39 Å². The summed E-state index contributed by atoms with van der Waals surface area (Å²) >= 11 is 0. The Hall–Kier alpha value is -0.960. The molecule has 3 heteroatoms. The van der Waals surface area contributed by atoms with Crippen molar-refractivity contribution in [3.05, 3.63) is 29.8 Å². The van der Waals surface area contributed by atoms with E-state index in [9.17, 15) is 4.39 Å². The zero-order valence-electron chi connectivity index (χ0n) is 11.4. The lowest BCUT2D eigenvalue weighted by atomic mass is 9.77. The predicted octanol–water partition coefficient (Wildman–Crippen LogP) is 3.84. The van der Waals surface area contributed by atoms with Crippen LogP contribution in [0.4, 0.5) is 4.39 Å². The third kappa shape index (κ3) is 2.72. The number of aromatic nitrogens is 1. The molecule has 1 aromatic rings. The molecular weight excluding hydrogens is 227 g/mol. The van der Waals surface area contributed by atoms with E-state index < -0.39 is 0 Å². The van der Waals surface area contributed by atoms with Crippen LogP contribution in [0.15, 0.2) is 18.5 Å². The van der Waals surface area contributed by atoms with E-state index in [1.807, 2.05) is 6.07 Å². The van der Waals surface area contributed by atoms with E-state index in [1.54, 1.807) is 6.20 Å². The zero-order chi connectivity index (χ0) is 13.0. The number of halogens is 1. The van der Waals surface area contributed by atoms with Crippen molar-refractivity contribution in [3.8, 4) is 0 Å². The molecule has 1 heterocycles. The Balaban J connectivity index is 2.27. The van der Waals surface area contributed by atoms with Crippen molar-refractivity contribution < 1.29 is 4.39 Å². The molecule has 0 aliphatic heterocycles. The van der Waals surface area contributed by atoms with Crippen molar-refractivity contribution in [3.63, 3.8) is 0 Å². The lowest BCUT2D eigenvalue weighted by Crippen LogP contribution is -2.35. The summed E-state index contributed by atoms with van der Waals surface area (Å²) in [6.07, 6.45) is 8.96. The Morgan fingerprint density at radius 3 is 2.78 bits per heavy atom. The van der Waals surface area contributed by atoms with Gasteiger partial charge in [-0.15, -0.1) is 0 Å². The van der Waals surface area contributed by atoms with E-state index in [0.29, 0.717) is 0 Å². The molecule has 1 aliphatic rings. The van der Waals surface area contributed by atoms with Crippen LogP contribution in [0.3, 0.4) is 0 Å². The Kier molecular flexibility index (Phi) is 4.33. The molecule has 1 aliphatic carbocycles. The van der Waals surface area contributed by atoms with Crippen molar-refractivity contribution in [2.24, 2.45) is 5.41 Å². The SMILES string of the molecule is CCCNC(c1ccncc1F)C1(C)CCCC1. The first-order valence-corrected chi connectivity index (χ1v) is 7.00. The fraction of sp³-hybridized carbons (Fsp3) is 0.667. The van der Waals surface area contributed by atoms with Gasteiger partial charge < -0.3 is 5.32 Å². The molecule has 2 rings (SSSR count). The maximum atomic E-state index is 14.0. The molecule has 1 unspecified atom stereocenters. The van der Waals surface area contributed by atoms with Gasteiger partial charge in [0, 0.05) is 17.8 Å². The van der Waals surface area contributed by atoms with Crippen LogP contribution in [0.1, 0.15) is 57.6 Å². The Bertz CT molecular complexity index is 386. The summed E-state index contributed by atoms with van der Waals surface area (Å²) in [4.78, 5) is 3.85. The Morgan fingerprint density at radius 2 is 2.17 bits per heavy atom. The minimum atomic E-state index is -0.181. The molecule has 0 aromatic carbocycles. The summed E-state index contributed by atoms with van der Waals surface area (Å²) in [5, 5.41) is 3.54. The van der Waals surface area contributed by atoms with Gasteiger partial charge in [-0.1, -0.05) is 26.7 Å². The molecule has 1 aromatic heterocycles. The van der Waals surface area contributed by atoms with Gasteiger partial charge >= 0.3 is 0 Å². The second-order valence-corrected chi connectivity index (χ2v) is 5.65. The Labute approximate surface area is 109 Å². The molecule has 0 radical (unpaired) electrons. The first-order valence-electron chi connectivity index (χ1n) is 7.00. The largest absolute Gasteiger partial charge is 0.309 e. The molecule has 1 saturated carbocycles. The van der Waals surface area contributed by atoms with Crippen LogP contribution in [-0.2, 0) is 0 Å². The van der Waals surface area contributed by atoms with Gasteiger partial charge in [0.25, 0.3) is 0 Å². The second kappa shape index (κ2) is 5.79. The van der Waals surface area contributed by atoms with Gasteiger partial charge in [0.15, 0.2) is 0 Å². The molecular formula is C15H23FN2.